The molecule has 2 rings (SSSR count). The minimum absolute atomic E-state index is 0.168. The molecule has 0 aromatic heterocycles. The fourth-order valence-corrected chi connectivity index (χ4v) is 6.66. The van der Waals surface area contributed by atoms with Crippen LogP contribution in [0, 0.1) is 0 Å². The van der Waals surface area contributed by atoms with Crippen LogP contribution in [0.15, 0.2) is 18.2 Å². The highest BCUT2D eigenvalue weighted by atomic mass is 31.2. The van der Waals surface area contributed by atoms with Gasteiger partial charge in [-0.05, 0) is 44.0 Å². The molecular formula is C20H32N2O7P2. The molecule has 1 atom stereocenters. The number of carbonyl (C=O) groups is 1. The quantitative estimate of drug-likeness (QED) is 0.414. The first-order chi connectivity index (χ1) is 14.8. The lowest BCUT2D eigenvalue weighted by Gasteiger charge is -2.32. The molecule has 0 saturated carbocycles. The van der Waals surface area contributed by atoms with Crippen LogP contribution in [0.4, 0.5) is 0 Å². The van der Waals surface area contributed by atoms with Gasteiger partial charge in [0.15, 0.2) is 13.8 Å². The van der Waals surface area contributed by atoms with Crippen LogP contribution in [0.5, 0.6) is 0 Å². The van der Waals surface area contributed by atoms with E-state index in [1.165, 1.54) is 6.07 Å². The highest BCUT2D eigenvalue weighted by Crippen LogP contribution is 2.56. The van der Waals surface area contributed by atoms with Crippen molar-refractivity contribution in [3.05, 3.63) is 34.9 Å². The van der Waals surface area contributed by atoms with Gasteiger partial charge in [0, 0.05) is 39.3 Å². The Kier molecular flexibility index (Phi) is 10.2. The van der Waals surface area contributed by atoms with Crippen molar-refractivity contribution < 1.29 is 32.8 Å². The Morgan fingerprint density at radius 1 is 1.19 bits per heavy atom. The van der Waals surface area contributed by atoms with Crippen LogP contribution in [-0.4, -0.2) is 68.1 Å². The first-order valence-electron chi connectivity index (χ1n) is 10.5. The molecule has 1 unspecified atom stereocenters. The summed E-state index contributed by atoms with van der Waals surface area (Å²) in [6.07, 6.45) is -0.250. The number of nitrogens with one attached hydrogen (secondary N) is 1. The molecular weight excluding hydrogens is 442 g/mol. The van der Waals surface area contributed by atoms with Crippen molar-refractivity contribution >= 4 is 22.0 Å². The zero-order valence-electron chi connectivity index (χ0n) is 18.3. The summed E-state index contributed by atoms with van der Waals surface area (Å²) in [5, 5.41) is 11.5. The monoisotopic (exact) mass is 474 g/mol. The van der Waals surface area contributed by atoms with E-state index in [9.17, 15) is 19.0 Å². The van der Waals surface area contributed by atoms with Crippen molar-refractivity contribution in [2.24, 2.45) is 0 Å². The predicted molar refractivity (Wildman–Crippen MR) is 118 cm³/mol. The van der Waals surface area contributed by atoms with Crippen LogP contribution >= 0.6 is 16.1 Å². The molecule has 2 N–H and O–H groups in total. The summed E-state index contributed by atoms with van der Waals surface area (Å²) < 4.78 is 42.4. The summed E-state index contributed by atoms with van der Waals surface area (Å²) in [5.41, 5.74) is 1.23. The highest BCUT2D eigenvalue weighted by molar-refractivity contribution is 7.54. The van der Waals surface area contributed by atoms with Crippen LogP contribution < -0.4 is 5.32 Å². The van der Waals surface area contributed by atoms with Gasteiger partial charge in [0.1, 0.15) is 0 Å². The second kappa shape index (κ2) is 12.2. The van der Waals surface area contributed by atoms with Crippen molar-refractivity contribution in [2.45, 2.75) is 32.7 Å². The average molecular weight is 474 g/mol. The molecule has 174 valence electrons. The van der Waals surface area contributed by atoms with E-state index in [4.69, 9.17) is 13.8 Å². The number of carboxylic acids is 1. The Morgan fingerprint density at radius 3 is 2.35 bits per heavy atom. The van der Waals surface area contributed by atoms with E-state index in [1.807, 2.05) is 0 Å². The Bertz CT molecular complexity index is 792. The van der Waals surface area contributed by atoms with Gasteiger partial charge in [0.2, 0.25) is 0 Å². The maximum atomic E-state index is 13.2. The summed E-state index contributed by atoms with van der Waals surface area (Å²) in [4.78, 5) is 14.0. The molecule has 1 aromatic carbocycles. The number of benzene rings is 1. The van der Waals surface area contributed by atoms with Gasteiger partial charge in [-0.3, -0.25) is 14.0 Å². The van der Waals surface area contributed by atoms with E-state index in [0.717, 1.165) is 26.2 Å². The minimum Gasteiger partial charge on any atom is -0.478 e. The van der Waals surface area contributed by atoms with Gasteiger partial charge < -0.3 is 24.2 Å². The SMILES string of the molecule is CCOC(CP(=O)(OCC)OCC)(P=O)c1ccc(C(=O)O)c(CN2CCNCC2)c1. The minimum atomic E-state index is -3.60. The summed E-state index contributed by atoms with van der Waals surface area (Å²) in [5.74, 6) is -1.03. The molecule has 0 amide bonds. The molecule has 0 radical (unpaired) electrons. The number of hydrogen-bond donors (Lipinski definition) is 2. The number of carboxylic acid groups (broad SMARTS) is 1. The number of aromatic carboxylic acids is 1. The molecule has 0 aliphatic carbocycles. The molecule has 1 saturated heterocycles. The summed E-state index contributed by atoms with van der Waals surface area (Å²) in [7, 11) is -4.01. The van der Waals surface area contributed by atoms with Crippen LogP contribution in [-0.2, 0) is 34.8 Å². The van der Waals surface area contributed by atoms with Crippen molar-refractivity contribution in [3.8, 4) is 0 Å². The number of nitrogens with zero attached hydrogens (tertiary/aromatic N) is 1. The van der Waals surface area contributed by atoms with Gasteiger partial charge in [0.05, 0.1) is 24.9 Å². The molecule has 9 nitrogen and oxygen atoms in total. The van der Waals surface area contributed by atoms with E-state index in [2.05, 4.69) is 10.2 Å². The lowest BCUT2D eigenvalue weighted by Crippen LogP contribution is -2.43. The van der Waals surface area contributed by atoms with Gasteiger partial charge in [-0.1, -0.05) is 6.07 Å². The third-order valence-corrected chi connectivity index (χ3v) is 8.21. The number of piperazine rings is 1. The fourth-order valence-electron chi connectivity index (χ4n) is 3.64. The predicted octanol–water partition coefficient (Wildman–Crippen LogP) is 3.54. The maximum absolute atomic E-state index is 13.2. The van der Waals surface area contributed by atoms with Crippen LogP contribution in [0.1, 0.15) is 42.3 Å². The Balaban J connectivity index is 2.49. The van der Waals surface area contributed by atoms with Gasteiger partial charge in [-0.2, -0.15) is 0 Å². The Morgan fingerprint density at radius 2 is 1.84 bits per heavy atom. The van der Waals surface area contributed by atoms with Crippen LogP contribution in [0.3, 0.4) is 0 Å². The van der Waals surface area contributed by atoms with E-state index < -0.39 is 27.4 Å². The normalized spacial score (nSPS) is 17.5. The molecule has 11 heteroatoms. The van der Waals surface area contributed by atoms with Gasteiger partial charge in [-0.25, -0.2) is 4.79 Å². The molecule has 0 spiro atoms. The Hall–Kier alpha value is -1.18. The van der Waals surface area contributed by atoms with Gasteiger partial charge in [0.25, 0.3) is 0 Å². The molecule has 1 aliphatic heterocycles. The van der Waals surface area contributed by atoms with Crippen molar-refractivity contribution in [2.75, 3.05) is 52.2 Å². The largest absolute Gasteiger partial charge is 0.478 e. The molecule has 1 fully saturated rings. The highest BCUT2D eigenvalue weighted by Gasteiger charge is 2.44. The summed E-state index contributed by atoms with van der Waals surface area (Å²) in [6.45, 7) is 9.39. The lowest BCUT2D eigenvalue weighted by atomic mass is 10.00. The zero-order valence-corrected chi connectivity index (χ0v) is 20.1. The first-order valence-corrected chi connectivity index (χ1v) is 13.0. The molecule has 0 bridgehead atoms. The zero-order chi connectivity index (χ0) is 22.9. The average Bonchev–Trinajstić information content (AvgIpc) is 2.74. The third kappa shape index (κ3) is 6.90. The third-order valence-electron chi connectivity index (χ3n) is 4.98. The molecule has 31 heavy (non-hydrogen) atoms. The maximum Gasteiger partial charge on any atom is 0.336 e. The van der Waals surface area contributed by atoms with E-state index >= 15 is 0 Å². The smallest absolute Gasteiger partial charge is 0.336 e. The molecule has 1 aromatic rings. The number of hydrogen-bond acceptors (Lipinski definition) is 8. The van der Waals surface area contributed by atoms with Gasteiger partial charge in [-0.15, -0.1) is 0 Å². The fraction of sp³-hybridized carbons (Fsp3) is 0.650. The standard InChI is InChI=1S/C20H32N2O7P2/c1-4-27-20(30-25,15-31(26,28-5-2)29-6-3)17-7-8-18(19(23)24)16(13-17)14-22-11-9-21-10-12-22/h7-8,13,21H,4-6,9-12,14-15H2,1-3H3,(H,23,24). The number of ether oxygens (including phenoxy) is 1. The summed E-state index contributed by atoms with van der Waals surface area (Å²) >= 11 is 0. The molecule has 1 heterocycles. The van der Waals surface area contributed by atoms with Gasteiger partial charge >= 0.3 is 13.6 Å². The van der Waals surface area contributed by atoms with Crippen LogP contribution in [0.25, 0.3) is 0 Å². The van der Waals surface area contributed by atoms with E-state index in [1.54, 1.807) is 32.9 Å². The molecule has 1 aliphatic rings. The van der Waals surface area contributed by atoms with Crippen molar-refractivity contribution in [1.29, 1.82) is 0 Å². The van der Waals surface area contributed by atoms with E-state index in [0.29, 0.717) is 17.7 Å². The second-order valence-corrected chi connectivity index (χ2v) is 10.1. The first kappa shape index (κ1) is 26.1. The topological polar surface area (TPSA) is 114 Å². The van der Waals surface area contributed by atoms with Crippen LogP contribution in [0.2, 0.25) is 0 Å². The van der Waals surface area contributed by atoms with Crippen molar-refractivity contribution in [1.82, 2.24) is 10.2 Å². The van der Waals surface area contributed by atoms with Crippen molar-refractivity contribution in [3.63, 3.8) is 0 Å². The Labute approximate surface area is 185 Å². The lowest BCUT2D eigenvalue weighted by molar-refractivity contribution is 0.0375. The number of rotatable bonds is 13. The summed E-state index contributed by atoms with van der Waals surface area (Å²) in [6, 6.07) is 4.74. The second-order valence-electron chi connectivity index (χ2n) is 7.12. The van der Waals surface area contributed by atoms with E-state index in [-0.39, 0.29) is 31.5 Å².